The van der Waals surface area contributed by atoms with Gasteiger partial charge in [-0.15, -0.1) is 0 Å². The summed E-state index contributed by atoms with van der Waals surface area (Å²) in [5.41, 5.74) is 1.12. The summed E-state index contributed by atoms with van der Waals surface area (Å²) in [4.78, 5) is 13.7. The Hall–Kier alpha value is -2.83. The van der Waals surface area contributed by atoms with Crippen molar-refractivity contribution >= 4 is 17.4 Å². The third kappa shape index (κ3) is 4.87. The first-order chi connectivity index (χ1) is 13.1. The quantitative estimate of drug-likeness (QED) is 0.804. The van der Waals surface area contributed by atoms with Crippen LogP contribution >= 0.6 is 0 Å². The third-order valence-corrected chi connectivity index (χ3v) is 4.56. The Balaban J connectivity index is 1.52. The zero-order valence-electron chi connectivity index (χ0n) is 15.2. The summed E-state index contributed by atoms with van der Waals surface area (Å²) in [6.45, 7) is 1.69. The van der Waals surface area contributed by atoms with E-state index in [-0.39, 0.29) is 11.4 Å². The molecule has 0 aliphatic carbocycles. The monoisotopic (exact) mass is 375 g/mol. The zero-order chi connectivity index (χ0) is 19.2. The molecule has 2 aromatic rings. The molecule has 0 aromatic heterocycles. The Morgan fingerprint density at radius 1 is 1.11 bits per heavy atom. The molecule has 2 aromatic carbocycles. The average Bonchev–Trinajstić information content (AvgIpc) is 3.16. The van der Waals surface area contributed by atoms with E-state index in [9.17, 15) is 13.6 Å². The van der Waals surface area contributed by atoms with Gasteiger partial charge in [-0.25, -0.2) is 13.6 Å². The number of carbonyl (C=O) groups is 1. The molecule has 27 heavy (non-hydrogen) atoms. The van der Waals surface area contributed by atoms with Gasteiger partial charge in [0.1, 0.15) is 11.4 Å². The summed E-state index contributed by atoms with van der Waals surface area (Å²) in [6.07, 6.45) is 2.49. The first-order valence-corrected chi connectivity index (χ1v) is 8.98. The van der Waals surface area contributed by atoms with Crippen molar-refractivity contribution in [2.45, 2.75) is 19.3 Å². The molecule has 144 valence electrons. The summed E-state index contributed by atoms with van der Waals surface area (Å²) in [5, 5.41) is 5.16. The molecule has 1 fully saturated rings. The Morgan fingerprint density at radius 3 is 2.33 bits per heavy atom. The normalized spacial score (nSPS) is 13.5. The van der Waals surface area contributed by atoms with Crippen LogP contribution in [0.5, 0.6) is 5.75 Å². The molecule has 3 rings (SSSR count). The standard InChI is InChI=1S/C20H23F2N3O2/c1-27-16-6-4-14(5-7-16)8-9-23-20(26)24-15-12-17(21)19(18(22)13-15)25-10-2-3-11-25/h4-7,12-13H,2-3,8-11H2,1H3,(H2,23,24,26). The zero-order valence-corrected chi connectivity index (χ0v) is 15.2. The van der Waals surface area contributed by atoms with Crippen LogP contribution in [0, 0.1) is 11.6 Å². The second kappa shape index (κ2) is 8.70. The molecular formula is C20H23F2N3O2. The summed E-state index contributed by atoms with van der Waals surface area (Å²) < 4.78 is 33.7. The van der Waals surface area contributed by atoms with Gasteiger partial charge in [-0.1, -0.05) is 12.1 Å². The maximum absolute atomic E-state index is 14.3. The van der Waals surface area contributed by atoms with Crippen molar-refractivity contribution in [3.8, 4) is 5.75 Å². The van der Waals surface area contributed by atoms with Crippen molar-refractivity contribution in [3.05, 3.63) is 53.6 Å². The van der Waals surface area contributed by atoms with Gasteiger partial charge in [0.05, 0.1) is 7.11 Å². The Morgan fingerprint density at radius 2 is 1.74 bits per heavy atom. The van der Waals surface area contributed by atoms with Gasteiger partial charge in [0, 0.05) is 25.3 Å². The number of anilines is 2. The summed E-state index contributed by atoms with van der Waals surface area (Å²) in [6, 6.07) is 9.34. The number of carbonyl (C=O) groups excluding carboxylic acids is 1. The highest BCUT2D eigenvalue weighted by Crippen LogP contribution is 2.29. The fourth-order valence-electron chi connectivity index (χ4n) is 3.17. The van der Waals surface area contributed by atoms with Crippen molar-refractivity contribution in [3.63, 3.8) is 0 Å². The van der Waals surface area contributed by atoms with Gasteiger partial charge in [-0.2, -0.15) is 0 Å². The third-order valence-electron chi connectivity index (χ3n) is 4.56. The molecule has 0 saturated carbocycles. The maximum atomic E-state index is 14.3. The molecule has 5 nitrogen and oxygen atoms in total. The lowest BCUT2D eigenvalue weighted by Gasteiger charge is -2.20. The fraction of sp³-hybridized carbons (Fsp3) is 0.350. The van der Waals surface area contributed by atoms with E-state index >= 15 is 0 Å². The Bertz CT molecular complexity index is 767. The van der Waals surface area contributed by atoms with Crippen LogP contribution in [0.25, 0.3) is 0 Å². The summed E-state index contributed by atoms with van der Waals surface area (Å²) in [5.74, 6) is -0.554. The summed E-state index contributed by atoms with van der Waals surface area (Å²) >= 11 is 0. The highest BCUT2D eigenvalue weighted by Gasteiger charge is 2.21. The molecule has 2 N–H and O–H groups in total. The van der Waals surface area contributed by atoms with E-state index < -0.39 is 17.7 Å². The van der Waals surface area contributed by atoms with Crippen LogP contribution in [0.1, 0.15) is 18.4 Å². The van der Waals surface area contributed by atoms with Crippen molar-refractivity contribution in [1.82, 2.24) is 5.32 Å². The predicted octanol–water partition coefficient (Wildman–Crippen LogP) is 3.94. The second-order valence-corrected chi connectivity index (χ2v) is 6.46. The van der Waals surface area contributed by atoms with Crippen LogP contribution in [0.3, 0.4) is 0 Å². The molecule has 0 bridgehead atoms. The number of hydrogen-bond acceptors (Lipinski definition) is 3. The van der Waals surface area contributed by atoms with Gasteiger partial charge in [-0.3, -0.25) is 0 Å². The van der Waals surface area contributed by atoms with Crippen LogP contribution in [-0.2, 0) is 6.42 Å². The van der Waals surface area contributed by atoms with Crippen molar-refractivity contribution in [1.29, 1.82) is 0 Å². The first-order valence-electron chi connectivity index (χ1n) is 8.98. The smallest absolute Gasteiger partial charge is 0.319 e. The van der Waals surface area contributed by atoms with Crippen LogP contribution < -0.4 is 20.3 Å². The first kappa shape index (κ1) is 18.9. The van der Waals surface area contributed by atoms with Gasteiger partial charge >= 0.3 is 6.03 Å². The lowest BCUT2D eigenvalue weighted by molar-refractivity contribution is 0.252. The number of benzene rings is 2. The minimum Gasteiger partial charge on any atom is -0.497 e. The number of methoxy groups -OCH3 is 1. The highest BCUT2D eigenvalue weighted by molar-refractivity contribution is 5.89. The largest absolute Gasteiger partial charge is 0.497 e. The number of nitrogens with zero attached hydrogens (tertiary/aromatic N) is 1. The van der Waals surface area contributed by atoms with Crippen molar-refractivity contribution < 1.29 is 18.3 Å². The van der Waals surface area contributed by atoms with Crippen LogP contribution in [-0.4, -0.2) is 32.8 Å². The predicted molar refractivity (Wildman–Crippen MR) is 102 cm³/mol. The van der Waals surface area contributed by atoms with E-state index in [4.69, 9.17) is 4.74 Å². The van der Waals surface area contributed by atoms with Gasteiger partial charge in [-0.05, 0) is 49.1 Å². The van der Waals surface area contributed by atoms with E-state index in [1.807, 2.05) is 24.3 Å². The Labute approximate surface area is 157 Å². The minimum atomic E-state index is -0.662. The van der Waals surface area contributed by atoms with Gasteiger partial charge in [0.15, 0.2) is 11.6 Å². The SMILES string of the molecule is COc1ccc(CCNC(=O)Nc2cc(F)c(N3CCCC3)c(F)c2)cc1. The summed E-state index contributed by atoms with van der Waals surface area (Å²) in [7, 11) is 1.60. The number of hydrogen-bond donors (Lipinski definition) is 2. The number of urea groups is 1. The molecule has 0 unspecified atom stereocenters. The number of amides is 2. The van der Waals surface area contributed by atoms with E-state index in [0.717, 1.165) is 36.3 Å². The lowest BCUT2D eigenvalue weighted by atomic mass is 10.1. The van der Waals surface area contributed by atoms with Gasteiger partial charge in [0.25, 0.3) is 0 Å². The molecule has 1 saturated heterocycles. The highest BCUT2D eigenvalue weighted by atomic mass is 19.1. The van der Waals surface area contributed by atoms with E-state index in [1.165, 1.54) is 0 Å². The van der Waals surface area contributed by atoms with Gasteiger partial charge in [0.2, 0.25) is 0 Å². The van der Waals surface area contributed by atoms with Crippen LogP contribution in [0.2, 0.25) is 0 Å². The molecule has 1 aliphatic rings. The van der Waals surface area contributed by atoms with E-state index in [2.05, 4.69) is 10.6 Å². The molecule has 1 heterocycles. The number of rotatable bonds is 6. The molecule has 0 radical (unpaired) electrons. The van der Waals surface area contributed by atoms with Crippen molar-refractivity contribution in [2.75, 3.05) is 37.0 Å². The maximum Gasteiger partial charge on any atom is 0.319 e. The molecule has 7 heteroatoms. The number of ether oxygens (including phenoxy) is 1. The molecule has 2 amide bonds. The second-order valence-electron chi connectivity index (χ2n) is 6.46. The van der Waals surface area contributed by atoms with E-state index in [1.54, 1.807) is 12.0 Å². The number of halogens is 2. The molecule has 0 atom stereocenters. The molecular weight excluding hydrogens is 352 g/mol. The molecule has 1 aliphatic heterocycles. The minimum absolute atomic E-state index is 0.0158. The lowest BCUT2D eigenvalue weighted by Crippen LogP contribution is -2.30. The fourth-order valence-corrected chi connectivity index (χ4v) is 3.17. The van der Waals surface area contributed by atoms with Crippen molar-refractivity contribution in [2.24, 2.45) is 0 Å². The van der Waals surface area contributed by atoms with Crippen LogP contribution in [0.15, 0.2) is 36.4 Å². The average molecular weight is 375 g/mol. The molecule has 0 spiro atoms. The number of nitrogens with one attached hydrogen (secondary N) is 2. The van der Waals surface area contributed by atoms with Crippen LogP contribution in [0.4, 0.5) is 25.0 Å². The topological polar surface area (TPSA) is 53.6 Å². The van der Waals surface area contributed by atoms with Gasteiger partial charge < -0.3 is 20.3 Å². The Kier molecular flexibility index (Phi) is 6.11. The van der Waals surface area contributed by atoms with E-state index in [0.29, 0.717) is 26.1 Å².